The van der Waals surface area contributed by atoms with E-state index in [0.29, 0.717) is 25.7 Å². The first-order valence-electron chi connectivity index (χ1n) is 6.58. The minimum atomic E-state index is -0.169. The topological polar surface area (TPSA) is 48.0 Å². The Morgan fingerprint density at radius 1 is 1.50 bits per heavy atom. The first kappa shape index (κ1) is 15.4. The summed E-state index contributed by atoms with van der Waals surface area (Å²) in [5.74, 6) is -0.169. The number of rotatable bonds is 8. The molecule has 1 aliphatic rings. The molecule has 106 valence electrons. The van der Waals surface area contributed by atoms with Crippen molar-refractivity contribution in [3.8, 4) is 0 Å². The van der Waals surface area contributed by atoms with Gasteiger partial charge in [-0.15, -0.1) is 0 Å². The molecule has 5 nitrogen and oxygen atoms in total. The normalized spacial score (nSPS) is 21.2. The summed E-state index contributed by atoms with van der Waals surface area (Å²) < 4.78 is 15.5. The van der Waals surface area contributed by atoms with Crippen molar-refractivity contribution in [2.24, 2.45) is 0 Å². The predicted molar refractivity (Wildman–Crippen MR) is 68.5 cm³/mol. The Bertz CT molecular complexity index is 241. The van der Waals surface area contributed by atoms with Gasteiger partial charge in [0, 0.05) is 32.8 Å². The summed E-state index contributed by atoms with van der Waals surface area (Å²) in [7, 11) is 3.12. The maximum atomic E-state index is 11.2. The van der Waals surface area contributed by atoms with Crippen LogP contribution in [0.15, 0.2) is 0 Å². The van der Waals surface area contributed by atoms with Gasteiger partial charge in [0.15, 0.2) is 0 Å². The van der Waals surface area contributed by atoms with Gasteiger partial charge < -0.3 is 14.2 Å². The Hall–Kier alpha value is -0.650. The van der Waals surface area contributed by atoms with Crippen LogP contribution in [-0.2, 0) is 19.0 Å². The fraction of sp³-hybridized carbons (Fsp3) is 0.923. The lowest BCUT2D eigenvalue weighted by Gasteiger charge is -2.30. The highest BCUT2D eigenvalue weighted by Gasteiger charge is 2.23. The van der Waals surface area contributed by atoms with Gasteiger partial charge in [-0.05, 0) is 19.8 Å². The van der Waals surface area contributed by atoms with Crippen molar-refractivity contribution in [2.75, 3.05) is 40.5 Å². The lowest BCUT2D eigenvalue weighted by Crippen LogP contribution is -2.42. The Kier molecular flexibility index (Phi) is 7.23. The number of nitrogens with zero attached hydrogens (tertiary/aromatic N) is 1. The Morgan fingerprint density at radius 2 is 2.28 bits per heavy atom. The molecule has 1 rings (SSSR count). The zero-order valence-corrected chi connectivity index (χ0v) is 11.7. The van der Waals surface area contributed by atoms with Gasteiger partial charge in [-0.1, -0.05) is 0 Å². The minimum absolute atomic E-state index is 0.169. The van der Waals surface area contributed by atoms with E-state index in [4.69, 9.17) is 9.47 Å². The van der Waals surface area contributed by atoms with E-state index < -0.39 is 0 Å². The van der Waals surface area contributed by atoms with Crippen LogP contribution in [0.2, 0.25) is 0 Å². The van der Waals surface area contributed by atoms with Gasteiger partial charge in [-0.25, -0.2) is 0 Å². The van der Waals surface area contributed by atoms with Crippen LogP contribution < -0.4 is 0 Å². The summed E-state index contributed by atoms with van der Waals surface area (Å²) in [6, 6.07) is 0.281. The number of ether oxygens (including phenoxy) is 3. The number of hydrogen-bond donors (Lipinski definition) is 0. The van der Waals surface area contributed by atoms with Gasteiger partial charge in [0.25, 0.3) is 0 Å². The molecule has 2 unspecified atom stereocenters. The van der Waals surface area contributed by atoms with E-state index in [0.717, 1.165) is 26.0 Å². The van der Waals surface area contributed by atoms with Gasteiger partial charge in [0.1, 0.15) is 0 Å². The highest BCUT2D eigenvalue weighted by atomic mass is 16.5. The molecule has 2 atom stereocenters. The molecule has 0 N–H and O–H groups in total. The fourth-order valence-electron chi connectivity index (χ4n) is 2.23. The first-order valence-corrected chi connectivity index (χ1v) is 6.58. The zero-order valence-electron chi connectivity index (χ0n) is 11.7. The first-order chi connectivity index (χ1) is 8.67. The van der Waals surface area contributed by atoms with E-state index >= 15 is 0 Å². The zero-order chi connectivity index (χ0) is 13.4. The lowest BCUT2D eigenvalue weighted by molar-refractivity contribution is -0.141. The minimum Gasteiger partial charge on any atom is -0.469 e. The molecule has 0 aromatic carbocycles. The van der Waals surface area contributed by atoms with Crippen molar-refractivity contribution >= 4 is 5.97 Å². The molecule has 0 aromatic rings. The molecule has 0 radical (unpaired) electrons. The monoisotopic (exact) mass is 259 g/mol. The van der Waals surface area contributed by atoms with Crippen LogP contribution in [0, 0.1) is 0 Å². The van der Waals surface area contributed by atoms with Crippen molar-refractivity contribution in [2.45, 2.75) is 38.3 Å². The van der Waals surface area contributed by atoms with Crippen LogP contribution in [0.3, 0.4) is 0 Å². The molecule has 0 spiro atoms. The lowest BCUT2D eigenvalue weighted by atomic mass is 10.2. The van der Waals surface area contributed by atoms with Crippen LogP contribution >= 0.6 is 0 Å². The molecule has 1 heterocycles. The van der Waals surface area contributed by atoms with Crippen LogP contribution in [0.5, 0.6) is 0 Å². The molecular formula is C13H25NO4. The highest BCUT2D eigenvalue weighted by molar-refractivity contribution is 5.69. The van der Waals surface area contributed by atoms with Gasteiger partial charge in [0.2, 0.25) is 0 Å². The molecular weight excluding hydrogens is 234 g/mol. The van der Waals surface area contributed by atoms with Crippen molar-refractivity contribution in [3.63, 3.8) is 0 Å². The van der Waals surface area contributed by atoms with Crippen molar-refractivity contribution in [3.05, 3.63) is 0 Å². The largest absolute Gasteiger partial charge is 0.469 e. The molecule has 1 saturated heterocycles. The fourth-order valence-corrected chi connectivity index (χ4v) is 2.23. The molecule has 1 aliphatic heterocycles. The number of carbonyl (C=O) groups is 1. The SMILES string of the molecule is COCC(C)N(CCC(=O)OC)CC1CCCO1. The second-order valence-corrected chi connectivity index (χ2v) is 4.76. The van der Waals surface area contributed by atoms with Gasteiger partial charge >= 0.3 is 5.97 Å². The van der Waals surface area contributed by atoms with E-state index in [-0.39, 0.29) is 12.0 Å². The Morgan fingerprint density at radius 3 is 2.83 bits per heavy atom. The van der Waals surface area contributed by atoms with Crippen molar-refractivity contribution in [1.29, 1.82) is 0 Å². The molecule has 1 fully saturated rings. The van der Waals surface area contributed by atoms with Gasteiger partial charge in [-0.3, -0.25) is 9.69 Å². The Labute approximate surface area is 109 Å². The Balaban J connectivity index is 2.42. The number of carbonyl (C=O) groups excluding carboxylic acids is 1. The van der Waals surface area contributed by atoms with Crippen LogP contribution in [0.4, 0.5) is 0 Å². The third-order valence-electron chi connectivity index (χ3n) is 3.32. The number of hydrogen-bond acceptors (Lipinski definition) is 5. The van der Waals surface area contributed by atoms with E-state index in [1.165, 1.54) is 7.11 Å². The summed E-state index contributed by atoms with van der Waals surface area (Å²) in [5, 5.41) is 0. The molecule has 0 aliphatic carbocycles. The second kappa shape index (κ2) is 8.45. The quantitative estimate of drug-likeness (QED) is 0.610. The van der Waals surface area contributed by atoms with Gasteiger partial charge in [0.05, 0.1) is 26.2 Å². The summed E-state index contributed by atoms with van der Waals surface area (Å²) >= 11 is 0. The summed E-state index contributed by atoms with van der Waals surface area (Å²) in [6.45, 7) is 5.18. The number of methoxy groups -OCH3 is 2. The molecule has 18 heavy (non-hydrogen) atoms. The smallest absolute Gasteiger partial charge is 0.306 e. The molecule has 5 heteroatoms. The summed E-state index contributed by atoms with van der Waals surface area (Å²) in [6.07, 6.45) is 2.95. The van der Waals surface area contributed by atoms with E-state index in [2.05, 4.69) is 16.6 Å². The second-order valence-electron chi connectivity index (χ2n) is 4.76. The maximum absolute atomic E-state index is 11.2. The summed E-state index contributed by atoms with van der Waals surface area (Å²) in [5.41, 5.74) is 0. The number of esters is 1. The maximum Gasteiger partial charge on any atom is 0.306 e. The third kappa shape index (κ3) is 5.33. The molecule has 0 bridgehead atoms. The van der Waals surface area contributed by atoms with E-state index in [1.807, 2.05) is 0 Å². The van der Waals surface area contributed by atoms with Crippen LogP contribution in [-0.4, -0.2) is 63.5 Å². The summed E-state index contributed by atoms with van der Waals surface area (Å²) in [4.78, 5) is 13.5. The van der Waals surface area contributed by atoms with Crippen molar-refractivity contribution in [1.82, 2.24) is 4.90 Å². The van der Waals surface area contributed by atoms with E-state index in [9.17, 15) is 4.79 Å². The van der Waals surface area contributed by atoms with Gasteiger partial charge in [-0.2, -0.15) is 0 Å². The van der Waals surface area contributed by atoms with E-state index in [1.54, 1.807) is 7.11 Å². The van der Waals surface area contributed by atoms with Crippen LogP contribution in [0.1, 0.15) is 26.2 Å². The standard InChI is InChI=1S/C13H25NO4/c1-11(10-16-2)14(7-6-13(15)17-3)9-12-5-4-8-18-12/h11-12H,4-10H2,1-3H3. The molecule has 0 amide bonds. The average Bonchev–Trinajstić information content (AvgIpc) is 2.87. The third-order valence-corrected chi connectivity index (χ3v) is 3.32. The molecule has 0 saturated carbocycles. The van der Waals surface area contributed by atoms with Crippen molar-refractivity contribution < 1.29 is 19.0 Å². The predicted octanol–water partition coefficient (Wildman–Crippen LogP) is 1.07. The highest BCUT2D eigenvalue weighted by Crippen LogP contribution is 2.15. The molecule has 0 aromatic heterocycles. The van der Waals surface area contributed by atoms with Crippen LogP contribution in [0.25, 0.3) is 0 Å². The average molecular weight is 259 g/mol.